The maximum atomic E-state index is 12.9. The molecule has 2 aliphatic heterocycles. The Hall–Kier alpha value is -1.76. The van der Waals surface area contributed by atoms with E-state index in [1.54, 1.807) is 0 Å². The third kappa shape index (κ3) is 23.7. The van der Waals surface area contributed by atoms with Crippen molar-refractivity contribution in [2.24, 2.45) is 0 Å². The summed E-state index contributed by atoms with van der Waals surface area (Å²) in [5, 5.41) is 71.8. The molecule has 61 heavy (non-hydrogen) atoms. The zero-order valence-corrected chi connectivity index (χ0v) is 37.4. The van der Waals surface area contributed by atoms with E-state index in [2.05, 4.69) is 26.0 Å². The molecule has 0 aromatic rings. The molecular weight excluding hydrogens is 792 g/mol. The molecule has 2 saturated heterocycles. The maximum absolute atomic E-state index is 12.9. The highest BCUT2D eigenvalue weighted by atomic mass is 16.7. The van der Waals surface area contributed by atoms with E-state index >= 15 is 0 Å². The van der Waals surface area contributed by atoms with Crippen LogP contribution >= 0.6 is 0 Å². The van der Waals surface area contributed by atoms with E-state index in [0.29, 0.717) is 12.8 Å². The van der Waals surface area contributed by atoms with Gasteiger partial charge in [-0.1, -0.05) is 135 Å². The van der Waals surface area contributed by atoms with Gasteiger partial charge in [0.15, 0.2) is 18.7 Å². The van der Waals surface area contributed by atoms with Crippen LogP contribution in [-0.4, -0.2) is 142 Å². The van der Waals surface area contributed by atoms with Crippen LogP contribution in [-0.2, 0) is 38.0 Å². The Balaban J connectivity index is 1.80. The first-order valence-corrected chi connectivity index (χ1v) is 23.8. The minimum atomic E-state index is -1.76. The van der Waals surface area contributed by atoms with Gasteiger partial charge in [-0.15, -0.1) is 0 Å². The number of aliphatic hydroxyl groups is 7. The molecule has 2 rings (SSSR count). The number of hydrogen-bond acceptors (Lipinski definition) is 15. The number of hydrogen-bond donors (Lipinski definition) is 7. The Labute approximate surface area is 365 Å². The molecule has 11 atom stereocenters. The quantitative estimate of drug-likeness (QED) is 0.0236. The Morgan fingerprint density at radius 3 is 1.44 bits per heavy atom. The van der Waals surface area contributed by atoms with Crippen molar-refractivity contribution >= 4 is 11.9 Å². The molecule has 2 fully saturated rings. The third-order valence-corrected chi connectivity index (χ3v) is 11.5. The van der Waals surface area contributed by atoms with Gasteiger partial charge in [-0.25, -0.2) is 0 Å². The summed E-state index contributed by atoms with van der Waals surface area (Å²) in [7, 11) is 0. The zero-order chi connectivity index (χ0) is 44.7. The third-order valence-electron chi connectivity index (χ3n) is 11.5. The summed E-state index contributed by atoms with van der Waals surface area (Å²) in [6, 6.07) is 0. The summed E-state index contributed by atoms with van der Waals surface area (Å²) in [6.45, 7) is 2.53. The van der Waals surface area contributed by atoms with Crippen molar-refractivity contribution < 1.29 is 73.8 Å². The molecule has 0 bridgehead atoms. The molecule has 2 heterocycles. The monoisotopic (exact) mass is 877 g/mol. The van der Waals surface area contributed by atoms with Gasteiger partial charge in [0.1, 0.15) is 55.4 Å². The van der Waals surface area contributed by atoms with Crippen molar-refractivity contribution in [1.29, 1.82) is 0 Å². The van der Waals surface area contributed by atoms with Crippen molar-refractivity contribution in [3.63, 3.8) is 0 Å². The molecule has 11 unspecified atom stereocenters. The molecule has 0 aromatic heterocycles. The summed E-state index contributed by atoms with van der Waals surface area (Å²) in [5.41, 5.74) is 0. The average molecular weight is 877 g/mol. The summed E-state index contributed by atoms with van der Waals surface area (Å²) in [4.78, 5) is 25.5. The minimum absolute atomic E-state index is 0.164. The lowest BCUT2D eigenvalue weighted by molar-refractivity contribution is -0.332. The summed E-state index contributed by atoms with van der Waals surface area (Å²) >= 11 is 0. The lowest BCUT2D eigenvalue weighted by Gasteiger charge is -2.42. The van der Waals surface area contributed by atoms with E-state index in [0.717, 1.165) is 57.8 Å². The van der Waals surface area contributed by atoms with Crippen molar-refractivity contribution in [3.8, 4) is 0 Å². The first-order valence-electron chi connectivity index (χ1n) is 23.8. The van der Waals surface area contributed by atoms with Crippen LogP contribution in [0.25, 0.3) is 0 Å². The molecule has 0 spiro atoms. The second kappa shape index (κ2) is 34.6. The molecule has 0 radical (unpaired) electrons. The first kappa shape index (κ1) is 55.4. The second-order valence-electron chi connectivity index (χ2n) is 16.9. The van der Waals surface area contributed by atoms with Gasteiger partial charge in [0.25, 0.3) is 0 Å². The Morgan fingerprint density at radius 2 is 0.934 bits per heavy atom. The minimum Gasteiger partial charge on any atom is -0.462 e. The molecule has 15 heteroatoms. The van der Waals surface area contributed by atoms with Crippen LogP contribution in [0, 0.1) is 0 Å². The lowest BCUT2D eigenvalue weighted by Crippen LogP contribution is -2.61. The predicted octanol–water partition coefficient (Wildman–Crippen LogP) is 5.43. The molecule has 7 N–H and O–H groups in total. The van der Waals surface area contributed by atoms with Crippen LogP contribution in [0.2, 0.25) is 0 Å². The zero-order valence-electron chi connectivity index (χ0n) is 37.4. The van der Waals surface area contributed by atoms with E-state index in [1.165, 1.54) is 77.0 Å². The summed E-state index contributed by atoms with van der Waals surface area (Å²) in [5.74, 6) is -0.932. The Bertz CT molecular complexity index is 1120. The van der Waals surface area contributed by atoms with Crippen LogP contribution in [0.5, 0.6) is 0 Å². The number of unbranched alkanes of at least 4 members (excludes halogenated alkanes) is 20. The highest BCUT2D eigenvalue weighted by molar-refractivity contribution is 5.70. The van der Waals surface area contributed by atoms with Crippen molar-refractivity contribution in [1.82, 2.24) is 0 Å². The van der Waals surface area contributed by atoms with Crippen molar-refractivity contribution in [2.75, 3.05) is 26.4 Å². The van der Waals surface area contributed by atoms with Crippen LogP contribution < -0.4 is 0 Å². The molecule has 0 aliphatic carbocycles. The second-order valence-corrected chi connectivity index (χ2v) is 16.9. The summed E-state index contributed by atoms with van der Waals surface area (Å²) in [6.07, 6.45) is 14.2. The maximum Gasteiger partial charge on any atom is 0.306 e. The van der Waals surface area contributed by atoms with Gasteiger partial charge in [-0.05, 0) is 38.5 Å². The molecule has 0 aromatic carbocycles. The predicted molar refractivity (Wildman–Crippen MR) is 229 cm³/mol. The fraction of sp³-hybridized carbons (Fsp3) is 0.913. The smallest absolute Gasteiger partial charge is 0.306 e. The van der Waals surface area contributed by atoms with Crippen LogP contribution in [0.15, 0.2) is 12.2 Å². The fourth-order valence-corrected chi connectivity index (χ4v) is 7.50. The van der Waals surface area contributed by atoms with Gasteiger partial charge in [0.05, 0.1) is 19.8 Å². The van der Waals surface area contributed by atoms with Crippen LogP contribution in [0.1, 0.15) is 174 Å². The van der Waals surface area contributed by atoms with Gasteiger partial charge < -0.3 is 64.2 Å². The molecule has 358 valence electrons. The molecule has 0 saturated carbocycles. The van der Waals surface area contributed by atoms with Crippen molar-refractivity contribution in [2.45, 2.75) is 242 Å². The molecular formula is C46H84O15. The number of rotatable bonds is 36. The molecule has 0 amide bonds. The van der Waals surface area contributed by atoms with E-state index in [9.17, 15) is 45.3 Å². The normalized spacial score (nSPS) is 27.4. The number of aliphatic hydroxyl groups excluding tert-OH is 7. The number of ether oxygens (including phenoxy) is 6. The fourth-order valence-electron chi connectivity index (χ4n) is 7.50. The first-order chi connectivity index (χ1) is 29.5. The molecule has 15 nitrogen and oxygen atoms in total. The van der Waals surface area contributed by atoms with Gasteiger partial charge in [0, 0.05) is 12.8 Å². The number of allylic oxidation sites excluding steroid dienone is 2. The van der Waals surface area contributed by atoms with E-state index in [1.807, 2.05) is 0 Å². The standard InChI is InChI=1S/C46H84O15/c1-3-5-7-9-11-12-13-14-15-16-17-18-19-20-21-23-25-27-29-38(49)59-34(31-56-37(48)28-26-24-22-10-8-6-4-2)32-57-45-44(55)42(53)40(51)36(61-45)33-58-46-43(54)41(52)39(50)35(30-47)60-46/h15-16,34-36,39-47,50-55H,3-14,17-33H2,1-2H3/b16-15-. The molecule has 2 aliphatic rings. The number of carbonyl (C=O) groups excluding carboxylic acids is 2. The highest BCUT2D eigenvalue weighted by Gasteiger charge is 2.47. The highest BCUT2D eigenvalue weighted by Crippen LogP contribution is 2.26. The van der Waals surface area contributed by atoms with Gasteiger partial charge in [-0.3, -0.25) is 9.59 Å². The van der Waals surface area contributed by atoms with Crippen LogP contribution in [0.4, 0.5) is 0 Å². The SMILES string of the molecule is CCCCCCCCC/C=C\CCCCCCCCCC(=O)OC(COC(=O)CCCCCCCCC)COC1OC(COC2OC(CO)C(O)C(O)C2O)C(O)C(O)C1O. The topological polar surface area (TPSA) is 231 Å². The largest absolute Gasteiger partial charge is 0.462 e. The van der Waals surface area contributed by atoms with Crippen LogP contribution in [0.3, 0.4) is 0 Å². The van der Waals surface area contributed by atoms with Gasteiger partial charge >= 0.3 is 11.9 Å². The number of esters is 2. The van der Waals surface area contributed by atoms with E-state index in [-0.39, 0.29) is 26.1 Å². The number of carbonyl (C=O) groups is 2. The Kier molecular flexibility index (Phi) is 31.4. The summed E-state index contributed by atoms with van der Waals surface area (Å²) < 4.78 is 33.4. The van der Waals surface area contributed by atoms with Gasteiger partial charge in [-0.2, -0.15) is 0 Å². The average Bonchev–Trinajstić information content (AvgIpc) is 3.25. The van der Waals surface area contributed by atoms with E-state index in [4.69, 9.17) is 28.4 Å². The van der Waals surface area contributed by atoms with Crippen molar-refractivity contribution in [3.05, 3.63) is 12.2 Å². The Morgan fingerprint density at radius 1 is 0.508 bits per heavy atom. The van der Waals surface area contributed by atoms with Gasteiger partial charge in [0.2, 0.25) is 0 Å². The lowest BCUT2D eigenvalue weighted by atomic mass is 9.98. The van der Waals surface area contributed by atoms with E-state index < -0.39 is 92.7 Å².